The molecule has 0 aliphatic rings. The summed E-state index contributed by atoms with van der Waals surface area (Å²) >= 11 is 3.62. The van der Waals surface area contributed by atoms with E-state index in [0.717, 1.165) is 20.9 Å². The Bertz CT molecular complexity index is 1090. The van der Waals surface area contributed by atoms with Crippen LogP contribution in [0.25, 0.3) is 10.8 Å². The Morgan fingerprint density at radius 3 is 2.41 bits per heavy atom. The summed E-state index contributed by atoms with van der Waals surface area (Å²) in [6.07, 6.45) is 1.63. The number of benzene rings is 3. The monoisotopic (exact) mass is 482 g/mol. The number of carbonyl (C=O) groups is 1. The summed E-state index contributed by atoms with van der Waals surface area (Å²) in [5, 5.41) is 5.24. The average Bonchev–Trinajstić information content (AvgIpc) is 2.70. The van der Waals surface area contributed by atoms with Crippen molar-refractivity contribution >= 4 is 62.2 Å². The first-order chi connectivity index (χ1) is 13.2. The standard InChI is InChI=1S/C22H15BrN2OSe/c23-16-10-12-17(13-11-16)27-20-9-4-6-15-5-3-8-18(21(15)20)25-22(26)19-7-1-2-14-24-19/h1-14H,(H,25,26). The molecule has 3 nitrogen and oxygen atoms in total. The van der Waals surface area contributed by atoms with Gasteiger partial charge in [-0.25, -0.2) is 0 Å². The molecule has 1 heterocycles. The Kier molecular flexibility index (Phi) is 5.35. The van der Waals surface area contributed by atoms with Crippen LogP contribution in [0.15, 0.2) is 89.5 Å². The van der Waals surface area contributed by atoms with Gasteiger partial charge in [-0.05, 0) is 0 Å². The Morgan fingerprint density at radius 1 is 0.889 bits per heavy atom. The third kappa shape index (κ3) is 4.11. The number of fused-ring (bicyclic) bond motifs is 1. The van der Waals surface area contributed by atoms with E-state index >= 15 is 0 Å². The van der Waals surface area contributed by atoms with E-state index in [-0.39, 0.29) is 20.9 Å². The second-order valence-corrected chi connectivity index (χ2v) is 9.14. The molecule has 1 amide bonds. The van der Waals surface area contributed by atoms with Crippen molar-refractivity contribution in [2.24, 2.45) is 0 Å². The maximum absolute atomic E-state index is 12.6. The molecule has 0 fully saturated rings. The summed E-state index contributed by atoms with van der Waals surface area (Å²) in [6.45, 7) is 0. The molecule has 0 saturated heterocycles. The molecule has 0 bridgehead atoms. The predicted molar refractivity (Wildman–Crippen MR) is 115 cm³/mol. The molecule has 4 rings (SSSR count). The molecule has 0 radical (unpaired) electrons. The number of nitrogens with one attached hydrogen (secondary N) is 1. The molecule has 0 unspecified atom stereocenters. The van der Waals surface area contributed by atoms with E-state index in [1.54, 1.807) is 18.3 Å². The van der Waals surface area contributed by atoms with Gasteiger partial charge in [0.1, 0.15) is 0 Å². The van der Waals surface area contributed by atoms with Gasteiger partial charge in [-0.3, -0.25) is 0 Å². The van der Waals surface area contributed by atoms with Gasteiger partial charge in [0.15, 0.2) is 0 Å². The molecule has 27 heavy (non-hydrogen) atoms. The third-order valence-electron chi connectivity index (χ3n) is 4.05. The number of halogens is 1. The fourth-order valence-corrected chi connectivity index (χ4v) is 5.18. The predicted octanol–water partition coefficient (Wildman–Crippen LogP) is 3.90. The van der Waals surface area contributed by atoms with E-state index in [1.165, 1.54) is 8.92 Å². The van der Waals surface area contributed by atoms with Gasteiger partial charge in [0.25, 0.3) is 0 Å². The van der Waals surface area contributed by atoms with Crippen molar-refractivity contribution in [3.63, 3.8) is 0 Å². The van der Waals surface area contributed by atoms with E-state index in [9.17, 15) is 4.79 Å². The number of carbonyl (C=O) groups excluding carboxylic acids is 1. The Balaban J connectivity index is 1.73. The number of aromatic nitrogens is 1. The number of amides is 1. The molecule has 1 aromatic heterocycles. The molecule has 0 atom stereocenters. The van der Waals surface area contributed by atoms with Gasteiger partial charge in [-0.1, -0.05) is 0 Å². The van der Waals surface area contributed by atoms with E-state index < -0.39 is 0 Å². The molecule has 5 heteroatoms. The van der Waals surface area contributed by atoms with Crippen LogP contribution in [0.1, 0.15) is 10.5 Å². The molecule has 3 aromatic carbocycles. The van der Waals surface area contributed by atoms with E-state index in [2.05, 4.69) is 74.8 Å². The summed E-state index contributed by atoms with van der Waals surface area (Å²) < 4.78 is 3.59. The number of anilines is 1. The van der Waals surface area contributed by atoms with Crippen molar-refractivity contribution in [3.8, 4) is 0 Å². The van der Waals surface area contributed by atoms with Crippen LogP contribution in [0.3, 0.4) is 0 Å². The third-order valence-corrected chi connectivity index (χ3v) is 6.82. The van der Waals surface area contributed by atoms with Crippen LogP contribution in [0.4, 0.5) is 5.69 Å². The SMILES string of the molecule is O=C(Nc1cccc2cccc([Se]c3ccc(Br)cc3)c12)c1ccccn1. The second-order valence-electron chi connectivity index (χ2n) is 5.88. The fraction of sp³-hybridized carbons (Fsp3) is 0. The minimum absolute atomic E-state index is 0.131. The summed E-state index contributed by atoms with van der Waals surface area (Å²) in [5.74, 6) is -0.200. The van der Waals surface area contributed by atoms with Gasteiger partial charge in [-0.15, -0.1) is 0 Å². The molecule has 4 aromatic rings. The van der Waals surface area contributed by atoms with Crippen LogP contribution < -0.4 is 14.2 Å². The van der Waals surface area contributed by atoms with Gasteiger partial charge in [-0.2, -0.15) is 0 Å². The first-order valence-corrected chi connectivity index (χ1v) is 10.9. The average molecular weight is 482 g/mol. The van der Waals surface area contributed by atoms with Gasteiger partial charge in [0.05, 0.1) is 0 Å². The zero-order chi connectivity index (χ0) is 18.6. The summed E-state index contributed by atoms with van der Waals surface area (Å²) in [7, 11) is 0. The van der Waals surface area contributed by atoms with Crippen molar-refractivity contribution in [1.82, 2.24) is 4.98 Å². The summed E-state index contributed by atoms with van der Waals surface area (Å²) in [6, 6.07) is 26.0. The minimum atomic E-state index is -0.200. The number of hydrogen-bond acceptors (Lipinski definition) is 2. The van der Waals surface area contributed by atoms with E-state index in [0.29, 0.717) is 5.69 Å². The zero-order valence-corrected chi connectivity index (χ0v) is 17.5. The van der Waals surface area contributed by atoms with Crippen molar-refractivity contribution in [2.75, 3.05) is 5.32 Å². The number of rotatable bonds is 4. The number of pyridine rings is 1. The topological polar surface area (TPSA) is 42.0 Å². The second kappa shape index (κ2) is 8.05. The molecular formula is C22H15BrN2OSe. The summed E-state index contributed by atoms with van der Waals surface area (Å²) in [4.78, 5) is 16.7. The van der Waals surface area contributed by atoms with Crippen molar-refractivity contribution in [2.45, 2.75) is 0 Å². The molecule has 1 N–H and O–H groups in total. The van der Waals surface area contributed by atoms with Crippen molar-refractivity contribution in [1.29, 1.82) is 0 Å². The van der Waals surface area contributed by atoms with Crippen LogP contribution in [0.5, 0.6) is 0 Å². The fourth-order valence-electron chi connectivity index (χ4n) is 2.81. The van der Waals surface area contributed by atoms with E-state index in [4.69, 9.17) is 0 Å². The van der Waals surface area contributed by atoms with Crippen molar-refractivity contribution in [3.05, 3.63) is 95.2 Å². The molecule has 0 saturated carbocycles. The Labute approximate surface area is 172 Å². The Morgan fingerprint density at radius 2 is 1.67 bits per heavy atom. The first-order valence-electron chi connectivity index (χ1n) is 8.38. The van der Waals surface area contributed by atoms with Crippen LogP contribution in [-0.4, -0.2) is 25.8 Å². The van der Waals surface area contributed by atoms with Gasteiger partial charge >= 0.3 is 172 Å². The molecule has 0 aliphatic heterocycles. The quantitative estimate of drug-likeness (QED) is 0.449. The first kappa shape index (κ1) is 17.9. The van der Waals surface area contributed by atoms with Crippen LogP contribution in [0.2, 0.25) is 0 Å². The van der Waals surface area contributed by atoms with Crippen LogP contribution in [-0.2, 0) is 0 Å². The number of hydrogen-bond donors (Lipinski definition) is 1. The van der Waals surface area contributed by atoms with Gasteiger partial charge in [0.2, 0.25) is 0 Å². The number of nitrogens with zero attached hydrogens (tertiary/aromatic N) is 1. The van der Waals surface area contributed by atoms with Gasteiger partial charge in [0, 0.05) is 0 Å². The molecule has 0 aliphatic carbocycles. The van der Waals surface area contributed by atoms with Crippen LogP contribution in [0, 0.1) is 0 Å². The van der Waals surface area contributed by atoms with Crippen LogP contribution >= 0.6 is 15.9 Å². The van der Waals surface area contributed by atoms with Gasteiger partial charge < -0.3 is 0 Å². The normalized spacial score (nSPS) is 10.7. The molecule has 132 valence electrons. The Hall–Kier alpha value is -2.46. The summed E-state index contributed by atoms with van der Waals surface area (Å²) in [5.41, 5.74) is 1.23. The molecule has 0 spiro atoms. The zero-order valence-electron chi connectivity index (χ0n) is 14.2. The molecular weight excluding hydrogens is 467 g/mol. The van der Waals surface area contributed by atoms with E-state index in [1.807, 2.05) is 18.2 Å². The maximum atomic E-state index is 12.6. The van der Waals surface area contributed by atoms with Crippen molar-refractivity contribution < 1.29 is 4.79 Å².